The maximum Gasteiger partial charge on any atom is 0.293 e. The molecule has 3 N–H and O–H groups in total. The highest BCUT2D eigenvalue weighted by atomic mass is 35.5. The molecule has 526 valence electrons. The minimum atomic E-state index is -0.568. The lowest BCUT2D eigenvalue weighted by Gasteiger charge is -2.10. The van der Waals surface area contributed by atoms with E-state index in [0.29, 0.717) is 59.5 Å². The fourth-order valence-corrected chi connectivity index (χ4v) is 13.1. The number of nitrogen functional groups attached to an aromatic ring is 1. The van der Waals surface area contributed by atoms with E-state index in [1.807, 2.05) is 212 Å². The van der Waals surface area contributed by atoms with Crippen molar-refractivity contribution in [1.82, 2.24) is 29.1 Å². The van der Waals surface area contributed by atoms with Gasteiger partial charge in [-0.05, 0) is 146 Å². The van der Waals surface area contributed by atoms with Gasteiger partial charge in [-0.3, -0.25) is 38.4 Å². The van der Waals surface area contributed by atoms with Gasteiger partial charge in [-0.25, -0.2) is 15.0 Å². The molecule has 0 saturated carbocycles. The van der Waals surface area contributed by atoms with E-state index in [1.54, 1.807) is 57.7 Å². The van der Waals surface area contributed by atoms with Crippen molar-refractivity contribution in [2.75, 3.05) is 5.73 Å². The van der Waals surface area contributed by atoms with Crippen LogP contribution in [0.25, 0.3) is 110 Å². The van der Waals surface area contributed by atoms with Crippen LogP contribution in [0.2, 0.25) is 20.1 Å². The van der Waals surface area contributed by atoms with Crippen LogP contribution in [0.4, 0.5) is 11.4 Å². The number of anilines is 1. The standard InChI is InChI=1S/2C24H15ClN2O.C17H11ClN2.C11H8O.C7H5ClO.C6H5ClN2O2/c25-18-13-14-22-21(15-18)26-23(27(22)24(28)17-8-2-1-3-9-17)20-12-6-10-16-7-4-5-11-19(16)20;25-18-13-14-21-22(15-18)27(24(28)17-8-2-1-3-9-17)23(26-21)20-12-6-10-16-7-4-5-11-19(16)20;18-12-8-9-15-16(10-12)20-17(19-15)14-7-3-5-11-4-1-2-6-13(11)14;12-8-10-6-3-5-9-4-1-2-7-11(9)10;8-7(9)6-4-2-1-3-5-6;7-4-1-2-5(8)6(3-4)9(10)11/h2*1-15H;1-10H,(H,19,20);1-8H;1-5H;1-3H,8H2. The van der Waals surface area contributed by atoms with Gasteiger partial charge in [-0.1, -0.05) is 283 Å². The Bertz CT molecular complexity index is 6270. The summed E-state index contributed by atoms with van der Waals surface area (Å²) in [4.78, 5) is 75.2. The number of fused-ring (bicyclic) bond motifs is 7. The van der Waals surface area contributed by atoms with Crippen molar-refractivity contribution in [3.8, 4) is 34.2 Å². The number of aromatic nitrogens is 6. The number of benzene rings is 15. The molecule has 19 heteroatoms. The summed E-state index contributed by atoms with van der Waals surface area (Å²) in [6, 6.07) is 104. The van der Waals surface area contributed by atoms with E-state index in [1.165, 1.54) is 29.0 Å². The number of nitrogens with zero attached hydrogens (tertiary/aromatic N) is 6. The minimum Gasteiger partial charge on any atom is -0.393 e. The number of carbonyl (C=O) groups is 4. The molecule has 0 aliphatic rings. The zero-order valence-corrected chi connectivity index (χ0v) is 60.7. The number of hydrogen-bond donors (Lipinski definition) is 2. The van der Waals surface area contributed by atoms with Crippen LogP contribution in [0.3, 0.4) is 0 Å². The third-order valence-electron chi connectivity index (χ3n) is 17.4. The van der Waals surface area contributed by atoms with E-state index in [2.05, 4.69) is 64.6 Å². The molecule has 0 aliphatic carbocycles. The average Bonchev–Trinajstić information content (AvgIpc) is 1.60. The van der Waals surface area contributed by atoms with Crippen molar-refractivity contribution < 1.29 is 24.1 Å². The van der Waals surface area contributed by atoms with E-state index in [4.69, 9.17) is 73.7 Å². The number of carbonyl (C=O) groups excluding carboxylic acids is 4. The maximum absolute atomic E-state index is 13.4. The number of nitro benzene ring substituents is 1. The van der Waals surface area contributed by atoms with Gasteiger partial charge in [0.05, 0.1) is 38.0 Å². The summed E-state index contributed by atoms with van der Waals surface area (Å²) in [5.74, 6) is 1.85. The van der Waals surface area contributed by atoms with Gasteiger partial charge in [0.15, 0.2) is 6.29 Å². The second-order valence-electron chi connectivity index (χ2n) is 24.3. The van der Waals surface area contributed by atoms with E-state index < -0.39 is 10.2 Å². The number of halogens is 5. The molecule has 0 spiro atoms. The van der Waals surface area contributed by atoms with Crippen LogP contribution >= 0.6 is 58.0 Å². The summed E-state index contributed by atoms with van der Waals surface area (Å²) < 4.78 is 3.35. The number of rotatable bonds is 8. The second kappa shape index (κ2) is 33.9. The molecule has 0 bridgehead atoms. The van der Waals surface area contributed by atoms with Crippen molar-refractivity contribution in [2.24, 2.45) is 0 Å². The molecule has 18 rings (SSSR count). The molecular formula is C89H59Cl5N8O6. The zero-order chi connectivity index (χ0) is 75.2. The van der Waals surface area contributed by atoms with Crippen LogP contribution in [-0.4, -0.2) is 57.3 Å². The summed E-state index contributed by atoms with van der Waals surface area (Å²) in [7, 11) is 0. The molecule has 14 nitrogen and oxygen atoms in total. The Balaban J connectivity index is 0.000000120. The second-order valence-corrected chi connectivity index (χ2v) is 26.4. The molecule has 0 atom stereocenters. The van der Waals surface area contributed by atoms with Crippen molar-refractivity contribution in [2.45, 2.75) is 0 Å². The van der Waals surface area contributed by atoms with Crippen molar-refractivity contribution in [3.63, 3.8) is 0 Å². The Hall–Kier alpha value is -12.9. The molecule has 0 aliphatic heterocycles. The van der Waals surface area contributed by atoms with E-state index in [-0.39, 0.29) is 23.2 Å². The Morgan fingerprint density at radius 1 is 0.389 bits per heavy atom. The van der Waals surface area contributed by atoms with Crippen LogP contribution in [-0.2, 0) is 0 Å². The maximum atomic E-state index is 13.4. The summed E-state index contributed by atoms with van der Waals surface area (Å²) >= 11 is 29.1. The number of hydrogen-bond acceptors (Lipinski definition) is 10. The molecule has 0 unspecified atom stereocenters. The van der Waals surface area contributed by atoms with Gasteiger partial charge < -0.3 is 10.7 Å². The van der Waals surface area contributed by atoms with Gasteiger partial charge in [-0.2, -0.15) is 0 Å². The van der Waals surface area contributed by atoms with Gasteiger partial charge in [0.25, 0.3) is 22.7 Å². The van der Waals surface area contributed by atoms with Crippen LogP contribution in [0.5, 0.6) is 0 Å². The molecule has 3 heterocycles. The topological polar surface area (TPSA) is 202 Å². The highest BCUT2D eigenvalue weighted by molar-refractivity contribution is 6.67. The predicted octanol–water partition coefficient (Wildman–Crippen LogP) is 24.0. The molecule has 0 fully saturated rings. The first-order chi connectivity index (χ1) is 52.6. The lowest BCUT2D eigenvalue weighted by atomic mass is 10.0. The molecule has 0 amide bonds. The van der Waals surface area contributed by atoms with Gasteiger partial charge >= 0.3 is 0 Å². The van der Waals surface area contributed by atoms with Gasteiger partial charge in [0.1, 0.15) is 23.2 Å². The fraction of sp³-hybridized carbons (Fsp3) is 0. The van der Waals surface area contributed by atoms with E-state index >= 15 is 0 Å². The predicted molar refractivity (Wildman–Crippen MR) is 440 cm³/mol. The Kier molecular flexibility index (Phi) is 23.0. The molecule has 18 aromatic rings. The number of nitrogens with one attached hydrogen (secondary N) is 1. The van der Waals surface area contributed by atoms with Crippen LogP contribution in [0.1, 0.15) is 41.4 Å². The molecule has 108 heavy (non-hydrogen) atoms. The monoisotopic (exact) mass is 1510 g/mol. The first-order valence-corrected chi connectivity index (χ1v) is 35.5. The summed E-state index contributed by atoms with van der Waals surface area (Å²) in [6.07, 6.45) is 0.891. The lowest BCUT2D eigenvalue weighted by Crippen LogP contribution is -2.13. The average molecular weight is 1510 g/mol. The van der Waals surface area contributed by atoms with E-state index in [9.17, 15) is 29.3 Å². The normalized spacial score (nSPS) is 10.7. The highest BCUT2D eigenvalue weighted by Crippen LogP contribution is 2.36. The first-order valence-electron chi connectivity index (χ1n) is 33.6. The molecule has 15 aromatic carbocycles. The largest absolute Gasteiger partial charge is 0.393 e. The van der Waals surface area contributed by atoms with Crippen molar-refractivity contribution in [1.29, 1.82) is 0 Å². The number of nitrogens with two attached hydrogens (primary N) is 1. The summed E-state index contributed by atoms with van der Waals surface area (Å²) in [6.45, 7) is 0. The van der Waals surface area contributed by atoms with Crippen LogP contribution < -0.4 is 5.73 Å². The smallest absolute Gasteiger partial charge is 0.293 e. The number of imidazole rings is 3. The molecule has 0 saturated heterocycles. The fourth-order valence-electron chi connectivity index (χ4n) is 12.3. The van der Waals surface area contributed by atoms with Crippen LogP contribution in [0, 0.1) is 10.1 Å². The number of aromatic amines is 1. The van der Waals surface area contributed by atoms with E-state index in [0.717, 1.165) is 88.7 Å². The number of H-pyrrole nitrogens is 1. The van der Waals surface area contributed by atoms with Gasteiger partial charge in [0.2, 0.25) is 0 Å². The number of aldehydes is 1. The lowest BCUT2D eigenvalue weighted by molar-refractivity contribution is -0.383. The highest BCUT2D eigenvalue weighted by Gasteiger charge is 2.24. The minimum absolute atomic E-state index is 0.117. The first kappa shape index (κ1) is 73.4. The zero-order valence-electron chi connectivity index (χ0n) is 56.9. The van der Waals surface area contributed by atoms with Crippen LogP contribution in [0.15, 0.2) is 334 Å². The van der Waals surface area contributed by atoms with Crippen molar-refractivity contribution >= 4 is 169 Å². The third kappa shape index (κ3) is 16.7. The molecular weight excluding hydrogens is 1450 g/mol. The third-order valence-corrected chi connectivity index (χ3v) is 18.5. The Morgan fingerprint density at radius 3 is 1.30 bits per heavy atom. The molecule has 0 radical (unpaired) electrons. The quantitative estimate of drug-likeness (QED) is 0.0485. The van der Waals surface area contributed by atoms with Crippen molar-refractivity contribution in [3.05, 3.63) is 386 Å². The summed E-state index contributed by atoms with van der Waals surface area (Å²) in [5.41, 5.74) is 15.4. The Morgan fingerprint density at radius 2 is 0.787 bits per heavy atom. The summed E-state index contributed by atoms with van der Waals surface area (Å²) in [5, 5.41) is 20.9. The SMILES string of the molecule is Clc1ccc2nc(-c3cccc4ccccc34)[nH]c2c1.Nc1ccc(Cl)cc1[N+](=O)[O-].O=C(Cl)c1ccccc1.O=C(c1ccccc1)n1c(-c2cccc3ccccc23)nc2cc(Cl)ccc21.O=C(c1ccccc1)n1c(-c2cccc3ccccc23)nc2ccc(Cl)cc21.O=Cc1cccc2ccccc12. The molecule has 3 aromatic heterocycles. The Labute approximate surface area is 643 Å². The van der Waals surface area contributed by atoms with Gasteiger partial charge in [-0.15, -0.1) is 0 Å². The number of nitro groups is 1. The van der Waals surface area contributed by atoms with Gasteiger partial charge in [0, 0.05) is 65.1 Å².